The maximum Gasteiger partial charge on any atom is 0.135 e. The van der Waals surface area contributed by atoms with Gasteiger partial charge in [-0.25, -0.2) is 0 Å². The molecule has 0 fully saturated rings. The molecule has 0 atom stereocenters. The average molecular weight is 289 g/mol. The largest absolute Gasteiger partial charge is 0.495 e. The lowest BCUT2D eigenvalue weighted by Crippen LogP contribution is -1.89. The molecule has 0 aromatic heterocycles. The van der Waals surface area contributed by atoms with Crippen LogP contribution < -0.4 is 4.74 Å². The van der Waals surface area contributed by atoms with Crippen molar-refractivity contribution < 1.29 is 4.74 Å². The molecule has 2 aromatic rings. The maximum atomic E-state index is 5.37. The van der Waals surface area contributed by atoms with E-state index in [-0.39, 0.29) is 0 Å². The molecule has 2 heteroatoms. The van der Waals surface area contributed by atoms with Crippen LogP contribution in [0.25, 0.3) is 10.8 Å². The Balaban J connectivity index is 2.60. The molecule has 0 saturated heterocycles. The topological polar surface area (TPSA) is 9.23 Å². The van der Waals surface area contributed by atoms with Crippen LogP contribution in [0.4, 0.5) is 0 Å². The summed E-state index contributed by atoms with van der Waals surface area (Å²) in [5, 5.41) is 3.23. The van der Waals surface area contributed by atoms with Gasteiger partial charge < -0.3 is 4.74 Å². The van der Waals surface area contributed by atoms with Gasteiger partial charge in [-0.2, -0.15) is 0 Å². The summed E-state index contributed by atoms with van der Waals surface area (Å²) in [5.74, 6) is 7.18. The summed E-state index contributed by atoms with van der Waals surface area (Å²) in [6.45, 7) is 0. The summed E-state index contributed by atoms with van der Waals surface area (Å²) in [5.41, 5.74) is 0.978. The molecule has 0 radical (unpaired) electrons. The second kappa shape index (κ2) is 5.75. The summed E-state index contributed by atoms with van der Waals surface area (Å²) in [4.78, 5) is 0. The smallest absolute Gasteiger partial charge is 0.135 e. The van der Waals surface area contributed by atoms with Gasteiger partial charge in [-0.3, -0.25) is 0 Å². The van der Waals surface area contributed by atoms with Crippen molar-refractivity contribution in [3.05, 3.63) is 42.0 Å². The molecule has 17 heavy (non-hydrogen) atoms. The summed E-state index contributed by atoms with van der Waals surface area (Å²) in [6.07, 6.45) is 0.840. The molecular weight excluding hydrogens is 276 g/mol. The Morgan fingerprint density at radius 3 is 2.76 bits per heavy atom. The highest BCUT2D eigenvalue weighted by molar-refractivity contribution is 9.09. The zero-order chi connectivity index (χ0) is 12.1. The van der Waals surface area contributed by atoms with Gasteiger partial charge in [0.1, 0.15) is 5.75 Å². The fraction of sp³-hybridized carbons (Fsp3) is 0.200. The molecular formula is C15H13BrO. The molecule has 0 heterocycles. The third-order valence-electron chi connectivity index (χ3n) is 2.54. The number of hydrogen-bond acceptors (Lipinski definition) is 1. The lowest BCUT2D eigenvalue weighted by molar-refractivity contribution is 0.414. The van der Waals surface area contributed by atoms with Crippen LogP contribution >= 0.6 is 15.9 Å². The summed E-state index contributed by atoms with van der Waals surface area (Å²) in [6, 6.07) is 12.3. The first-order valence-electron chi connectivity index (χ1n) is 5.47. The summed E-state index contributed by atoms with van der Waals surface area (Å²) >= 11 is 3.37. The average Bonchev–Trinajstić information content (AvgIpc) is 2.39. The number of halogens is 1. The minimum absolute atomic E-state index is 0.839. The van der Waals surface area contributed by atoms with E-state index >= 15 is 0 Å². The predicted octanol–water partition coefficient (Wildman–Crippen LogP) is 3.98. The molecule has 0 bridgehead atoms. The van der Waals surface area contributed by atoms with Crippen molar-refractivity contribution >= 4 is 26.7 Å². The second-order valence-corrected chi connectivity index (χ2v) is 4.40. The van der Waals surface area contributed by atoms with Crippen LogP contribution in [-0.4, -0.2) is 12.4 Å². The molecule has 0 amide bonds. The molecule has 0 N–H and O–H groups in total. The van der Waals surface area contributed by atoms with Crippen LogP contribution in [0.5, 0.6) is 5.75 Å². The van der Waals surface area contributed by atoms with Crippen LogP contribution in [0.15, 0.2) is 36.4 Å². The third-order valence-corrected chi connectivity index (χ3v) is 2.94. The van der Waals surface area contributed by atoms with Crippen molar-refractivity contribution in [3.63, 3.8) is 0 Å². The molecule has 86 valence electrons. The highest BCUT2D eigenvalue weighted by Crippen LogP contribution is 2.26. The highest BCUT2D eigenvalue weighted by atomic mass is 79.9. The number of ether oxygens (including phenoxy) is 1. The van der Waals surface area contributed by atoms with E-state index in [9.17, 15) is 0 Å². The molecule has 1 nitrogen and oxygen atoms in total. The van der Waals surface area contributed by atoms with Crippen LogP contribution in [0, 0.1) is 11.8 Å². The van der Waals surface area contributed by atoms with Crippen LogP contribution in [0.2, 0.25) is 0 Å². The first-order chi connectivity index (χ1) is 8.36. The standard InChI is InChI=1S/C15H13BrO/c1-17-15-10-9-12-6-2-3-7-13(12)14(15)8-4-5-11-16/h2-3,6-7,9-10H,5,11H2,1H3. The molecule has 0 aliphatic rings. The number of fused-ring (bicyclic) bond motifs is 1. The Morgan fingerprint density at radius 2 is 2.00 bits per heavy atom. The molecule has 0 saturated carbocycles. The van der Waals surface area contributed by atoms with Gasteiger partial charge in [0.15, 0.2) is 0 Å². The highest BCUT2D eigenvalue weighted by Gasteiger charge is 2.04. The Kier molecular flexibility index (Phi) is 4.06. The van der Waals surface area contributed by atoms with E-state index in [0.29, 0.717) is 0 Å². The number of hydrogen-bond donors (Lipinski definition) is 0. The lowest BCUT2D eigenvalue weighted by atomic mass is 10.0. The van der Waals surface area contributed by atoms with Crippen LogP contribution in [0.3, 0.4) is 0 Å². The van der Waals surface area contributed by atoms with Crippen LogP contribution in [-0.2, 0) is 0 Å². The molecule has 0 aliphatic carbocycles. The van der Waals surface area contributed by atoms with Gasteiger partial charge >= 0.3 is 0 Å². The van der Waals surface area contributed by atoms with E-state index in [1.807, 2.05) is 18.2 Å². The van der Waals surface area contributed by atoms with E-state index in [1.165, 1.54) is 5.39 Å². The minimum atomic E-state index is 0.839. The van der Waals surface area contributed by atoms with Gasteiger partial charge in [0.05, 0.1) is 12.7 Å². The first-order valence-corrected chi connectivity index (χ1v) is 6.59. The molecule has 0 unspecified atom stereocenters. The van der Waals surface area contributed by atoms with Gasteiger partial charge in [0.2, 0.25) is 0 Å². The number of rotatable bonds is 2. The summed E-state index contributed by atoms with van der Waals surface area (Å²) in [7, 11) is 1.68. The van der Waals surface area contributed by atoms with Gasteiger partial charge in [-0.1, -0.05) is 58.1 Å². The number of methoxy groups -OCH3 is 1. The molecule has 0 aliphatic heterocycles. The predicted molar refractivity (Wildman–Crippen MR) is 75.8 cm³/mol. The van der Waals surface area contributed by atoms with E-state index < -0.39 is 0 Å². The zero-order valence-corrected chi connectivity index (χ0v) is 11.3. The quantitative estimate of drug-likeness (QED) is 0.600. The zero-order valence-electron chi connectivity index (χ0n) is 9.66. The number of alkyl halides is 1. The lowest BCUT2D eigenvalue weighted by Gasteiger charge is -2.06. The fourth-order valence-electron chi connectivity index (χ4n) is 1.75. The van der Waals surface area contributed by atoms with Crippen molar-refractivity contribution in [2.45, 2.75) is 6.42 Å². The van der Waals surface area contributed by atoms with E-state index in [0.717, 1.165) is 28.5 Å². The Bertz CT molecular complexity index is 578. The molecule has 2 rings (SSSR count). The van der Waals surface area contributed by atoms with Crippen molar-refractivity contribution in [1.29, 1.82) is 0 Å². The SMILES string of the molecule is COc1ccc2ccccc2c1C#CCCBr. The second-order valence-electron chi connectivity index (χ2n) is 3.60. The Morgan fingerprint density at radius 1 is 1.18 bits per heavy atom. The van der Waals surface area contributed by atoms with Crippen molar-refractivity contribution in [3.8, 4) is 17.6 Å². The fourth-order valence-corrected chi connectivity index (χ4v) is 1.95. The van der Waals surface area contributed by atoms with Crippen molar-refractivity contribution in [1.82, 2.24) is 0 Å². The normalized spacial score (nSPS) is 9.76. The number of benzene rings is 2. The van der Waals surface area contributed by atoms with Gasteiger partial charge in [0.25, 0.3) is 0 Å². The summed E-state index contributed by atoms with van der Waals surface area (Å²) < 4.78 is 5.37. The van der Waals surface area contributed by atoms with E-state index in [2.05, 4.69) is 46.0 Å². The molecule has 2 aromatic carbocycles. The maximum absolute atomic E-state index is 5.37. The van der Waals surface area contributed by atoms with Crippen molar-refractivity contribution in [2.24, 2.45) is 0 Å². The van der Waals surface area contributed by atoms with Gasteiger partial charge in [-0.15, -0.1) is 0 Å². The Hall–Kier alpha value is -1.46. The monoisotopic (exact) mass is 288 g/mol. The Labute approximate surface area is 110 Å². The van der Waals surface area contributed by atoms with Gasteiger partial charge in [0, 0.05) is 17.1 Å². The third kappa shape index (κ3) is 2.62. The van der Waals surface area contributed by atoms with E-state index in [4.69, 9.17) is 4.74 Å². The van der Waals surface area contributed by atoms with Crippen molar-refractivity contribution in [2.75, 3.05) is 12.4 Å². The van der Waals surface area contributed by atoms with Gasteiger partial charge in [-0.05, 0) is 11.5 Å². The van der Waals surface area contributed by atoms with Crippen LogP contribution in [0.1, 0.15) is 12.0 Å². The first kappa shape index (κ1) is 12.0. The minimum Gasteiger partial charge on any atom is -0.495 e. The molecule has 0 spiro atoms. The van der Waals surface area contributed by atoms with E-state index in [1.54, 1.807) is 7.11 Å².